The van der Waals surface area contributed by atoms with Gasteiger partial charge in [-0.1, -0.05) is 0 Å². The van der Waals surface area contributed by atoms with Gasteiger partial charge >= 0.3 is 6.18 Å². The Hall–Kier alpha value is -2.62. The van der Waals surface area contributed by atoms with E-state index in [1.165, 1.54) is 6.20 Å². The summed E-state index contributed by atoms with van der Waals surface area (Å²) in [6, 6.07) is 5.64. The lowest BCUT2D eigenvalue weighted by molar-refractivity contribution is -0.140. The smallest absolute Gasteiger partial charge is 0.419 e. The van der Waals surface area contributed by atoms with E-state index in [0.717, 1.165) is 6.07 Å². The number of pyridine rings is 1. The first-order chi connectivity index (χ1) is 9.82. The van der Waals surface area contributed by atoms with E-state index in [9.17, 15) is 17.6 Å². The first-order valence-corrected chi connectivity index (χ1v) is 5.73. The summed E-state index contributed by atoms with van der Waals surface area (Å²) in [5.74, 6) is -1.77. The van der Waals surface area contributed by atoms with Crippen LogP contribution in [0, 0.1) is 24.1 Å². The maximum atomic E-state index is 13.2. The fraction of sp³-hybridized carbons (Fsp3) is 0.143. The lowest BCUT2D eigenvalue weighted by Crippen LogP contribution is -2.08. The third-order valence-electron chi connectivity index (χ3n) is 2.69. The lowest BCUT2D eigenvalue weighted by Gasteiger charge is -2.11. The molecule has 0 saturated carbocycles. The molecule has 21 heavy (non-hydrogen) atoms. The van der Waals surface area contributed by atoms with Crippen molar-refractivity contribution in [1.29, 1.82) is 5.26 Å². The molecule has 1 aromatic carbocycles. The molecule has 1 heterocycles. The molecule has 0 radical (unpaired) electrons. The monoisotopic (exact) mass is 296 g/mol. The van der Waals surface area contributed by atoms with E-state index in [0.29, 0.717) is 17.7 Å². The van der Waals surface area contributed by atoms with E-state index in [4.69, 9.17) is 10.00 Å². The van der Waals surface area contributed by atoms with Crippen LogP contribution in [0.2, 0.25) is 0 Å². The van der Waals surface area contributed by atoms with E-state index < -0.39 is 17.6 Å². The highest BCUT2D eigenvalue weighted by Crippen LogP contribution is 2.35. The molecule has 0 bridgehead atoms. The number of hydrogen-bond acceptors (Lipinski definition) is 3. The molecule has 0 unspecified atom stereocenters. The molecule has 108 valence electrons. The molecular weight excluding hydrogens is 288 g/mol. The van der Waals surface area contributed by atoms with Crippen molar-refractivity contribution < 1.29 is 22.3 Å². The first kappa shape index (κ1) is 14.8. The summed E-state index contributed by atoms with van der Waals surface area (Å²) in [6.45, 7) is 1.64. The van der Waals surface area contributed by atoms with E-state index in [2.05, 4.69) is 4.98 Å². The van der Waals surface area contributed by atoms with Crippen LogP contribution in [0.5, 0.6) is 11.6 Å². The number of ether oxygens (including phenoxy) is 1. The molecule has 2 rings (SSSR count). The largest absolute Gasteiger partial charge is 0.438 e. The normalized spacial score (nSPS) is 11.0. The third-order valence-corrected chi connectivity index (χ3v) is 2.69. The van der Waals surface area contributed by atoms with Gasteiger partial charge in [0, 0.05) is 6.20 Å². The highest BCUT2D eigenvalue weighted by atomic mass is 19.4. The molecule has 0 saturated heterocycles. The first-order valence-electron chi connectivity index (χ1n) is 5.73. The Kier molecular flexibility index (Phi) is 3.80. The van der Waals surface area contributed by atoms with Gasteiger partial charge in [-0.3, -0.25) is 0 Å². The van der Waals surface area contributed by atoms with Crippen LogP contribution in [0.4, 0.5) is 17.6 Å². The summed E-state index contributed by atoms with van der Waals surface area (Å²) in [5.41, 5.74) is -0.762. The molecular formula is C14H8F4N2O. The molecule has 3 nitrogen and oxygen atoms in total. The molecule has 0 amide bonds. The van der Waals surface area contributed by atoms with Gasteiger partial charge in [0.15, 0.2) is 0 Å². The Bertz CT molecular complexity index is 720. The summed E-state index contributed by atoms with van der Waals surface area (Å²) < 4.78 is 56.2. The second-order valence-electron chi connectivity index (χ2n) is 4.16. The van der Waals surface area contributed by atoms with Crippen molar-refractivity contribution in [3.63, 3.8) is 0 Å². The van der Waals surface area contributed by atoms with Crippen molar-refractivity contribution in [2.45, 2.75) is 13.1 Å². The van der Waals surface area contributed by atoms with Gasteiger partial charge in [0.2, 0.25) is 5.88 Å². The van der Waals surface area contributed by atoms with E-state index in [1.54, 1.807) is 13.0 Å². The number of benzene rings is 1. The van der Waals surface area contributed by atoms with Gasteiger partial charge in [0.1, 0.15) is 23.2 Å². The number of aryl methyl sites for hydroxylation is 1. The fourth-order valence-corrected chi connectivity index (χ4v) is 1.64. The minimum atomic E-state index is -4.83. The maximum absolute atomic E-state index is 13.2. The van der Waals surface area contributed by atoms with E-state index in [-0.39, 0.29) is 17.2 Å². The zero-order valence-corrected chi connectivity index (χ0v) is 10.7. The highest BCUT2D eigenvalue weighted by molar-refractivity contribution is 5.46. The molecule has 2 aromatic rings. The maximum Gasteiger partial charge on any atom is 0.419 e. The third kappa shape index (κ3) is 3.11. The van der Waals surface area contributed by atoms with Crippen LogP contribution in [-0.2, 0) is 6.18 Å². The number of nitrogens with zero attached hydrogens (tertiary/aromatic N) is 2. The SMILES string of the molecule is Cc1ccnc(Oc2ccc(F)c(C(F)(F)F)c2)c1C#N. The Morgan fingerprint density at radius 1 is 1.24 bits per heavy atom. The summed E-state index contributed by atoms with van der Waals surface area (Å²) in [5, 5.41) is 9.00. The number of nitriles is 1. The van der Waals surface area contributed by atoms with Crippen molar-refractivity contribution in [1.82, 2.24) is 4.98 Å². The van der Waals surface area contributed by atoms with Gasteiger partial charge in [-0.2, -0.15) is 18.4 Å². The Balaban J connectivity index is 2.42. The molecule has 0 aliphatic carbocycles. The van der Waals surface area contributed by atoms with Crippen molar-refractivity contribution in [3.8, 4) is 17.7 Å². The minimum Gasteiger partial charge on any atom is -0.438 e. The quantitative estimate of drug-likeness (QED) is 0.780. The van der Waals surface area contributed by atoms with Gasteiger partial charge in [-0.05, 0) is 36.8 Å². The predicted molar refractivity (Wildman–Crippen MR) is 65.2 cm³/mol. The van der Waals surface area contributed by atoms with E-state index >= 15 is 0 Å². The Morgan fingerprint density at radius 2 is 1.95 bits per heavy atom. The summed E-state index contributed by atoms with van der Waals surface area (Å²) >= 11 is 0. The number of hydrogen-bond donors (Lipinski definition) is 0. The average Bonchev–Trinajstić information content (AvgIpc) is 2.40. The molecule has 0 N–H and O–H groups in total. The van der Waals surface area contributed by atoms with Gasteiger partial charge in [-0.15, -0.1) is 0 Å². The molecule has 0 atom stereocenters. The number of aromatic nitrogens is 1. The van der Waals surface area contributed by atoms with Gasteiger partial charge in [-0.25, -0.2) is 9.37 Å². The van der Waals surface area contributed by atoms with Crippen LogP contribution in [-0.4, -0.2) is 4.98 Å². The second-order valence-corrected chi connectivity index (χ2v) is 4.16. The molecule has 0 aliphatic rings. The van der Waals surface area contributed by atoms with Crippen molar-refractivity contribution in [2.75, 3.05) is 0 Å². The number of halogens is 4. The van der Waals surface area contributed by atoms with Gasteiger partial charge in [0.25, 0.3) is 0 Å². The minimum absolute atomic E-state index is 0.107. The highest BCUT2D eigenvalue weighted by Gasteiger charge is 2.34. The summed E-state index contributed by atoms with van der Waals surface area (Å²) in [7, 11) is 0. The summed E-state index contributed by atoms with van der Waals surface area (Å²) in [6.07, 6.45) is -3.47. The van der Waals surface area contributed by atoms with Crippen LogP contribution < -0.4 is 4.74 Å². The number of alkyl halides is 3. The fourth-order valence-electron chi connectivity index (χ4n) is 1.64. The zero-order valence-electron chi connectivity index (χ0n) is 10.7. The molecule has 1 aromatic heterocycles. The molecule has 0 fully saturated rings. The van der Waals surface area contributed by atoms with Crippen LogP contribution in [0.15, 0.2) is 30.5 Å². The average molecular weight is 296 g/mol. The second kappa shape index (κ2) is 5.40. The van der Waals surface area contributed by atoms with Crippen molar-refractivity contribution in [2.24, 2.45) is 0 Å². The van der Waals surface area contributed by atoms with Gasteiger partial charge in [0.05, 0.1) is 5.56 Å². The Morgan fingerprint density at radius 3 is 2.57 bits per heavy atom. The molecule has 0 spiro atoms. The van der Waals surface area contributed by atoms with Crippen LogP contribution in [0.3, 0.4) is 0 Å². The van der Waals surface area contributed by atoms with Crippen molar-refractivity contribution in [3.05, 3.63) is 53.0 Å². The predicted octanol–water partition coefficient (Wildman–Crippen LogP) is 4.21. The van der Waals surface area contributed by atoms with Crippen LogP contribution in [0.25, 0.3) is 0 Å². The van der Waals surface area contributed by atoms with E-state index in [1.807, 2.05) is 6.07 Å². The zero-order chi connectivity index (χ0) is 15.6. The van der Waals surface area contributed by atoms with Crippen molar-refractivity contribution >= 4 is 0 Å². The van der Waals surface area contributed by atoms with Gasteiger partial charge < -0.3 is 4.74 Å². The molecule has 0 aliphatic heterocycles. The Labute approximate surface area is 117 Å². The standard InChI is InChI=1S/C14H8F4N2O/c1-8-4-5-20-13(10(8)7-19)21-9-2-3-12(15)11(6-9)14(16,17)18/h2-6H,1H3. The number of rotatable bonds is 2. The summed E-state index contributed by atoms with van der Waals surface area (Å²) in [4.78, 5) is 3.80. The van der Waals surface area contributed by atoms with Crippen LogP contribution >= 0.6 is 0 Å². The molecule has 7 heteroatoms. The van der Waals surface area contributed by atoms with Crippen LogP contribution in [0.1, 0.15) is 16.7 Å². The lowest BCUT2D eigenvalue weighted by atomic mass is 10.1. The topological polar surface area (TPSA) is 45.9 Å².